The molecule has 2 fully saturated rings. The van der Waals surface area contributed by atoms with Gasteiger partial charge in [-0.3, -0.25) is 10.2 Å². The second-order valence-corrected chi connectivity index (χ2v) is 7.18. The summed E-state index contributed by atoms with van der Waals surface area (Å²) in [6, 6.07) is 3.78. The molecular formula is C17H32N4. The average Bonchev–Trinajstić information content (AvgIpc) is 3.27. The molecule has 2 rings (SSSR count). The Morgan fingerprint density at radius 2 is 2.10 bits per heavy atom. The van der Waals surface area contributed by atoms with Gasteiger partial charge in [-0.25, -0.2) is 0 Å². The van der Waals surface area contributed by atoms with Crippen LogP contribution >= 0.6 is 0 Å². The van der Waals surface area contributed by atoms with Crippen molar-refractivity contribution in [3.63, 3.8) is 0 Å². The number of rotatable bonds is 7. The Morgan fingerprint density at radius 3 is 2.71 bits per heavy atom. The molecule has 4 nitrogen and oxygen atoms in total. The molecule has 0 amide bonds. The van der Waals surface area contributed by atoms with Gasteiger partial charge in [0.15, 0.2) is 0 Å². The molecule has 1 heterocycles. The van der Waals surface area contributed by atoms with Crippen molar-refractivity contribution >= 4 is 0 Å². The maximum Gasteiger partial charge on any atom is 0.104 e. The number of nitriles is 1. The molecule has 0 bridgehead atoms. The predicted molar refractivity (Wildman–Crippen MR) is 87.2 cm³/mol. The summed E-state index contributed by atoms with van der Waals surface area (Å²) >= 11 is 0. The summed E-state index contributed by atoms with van der Waals surface area (Å²) in [5.74, 6) is 0. The Balaban J connectivity index is 1.78. The van der Waals surface area contributed by atoms with E-state index in [1.165, 1.54) is 45.3 Å². The molecule has 0 aromatic carbocycles. The zero-order valence-corrected chi connectivity index (χ0v) is 14.1. The fourth-order valence-electron chi connectivity index (χ4n) is 3.45. The summed E-state index contributed by atoms with van der Waals surface area (Å²) in [6.07, 6.45) is 7.05. The lowest BCUT2D eigenvalue weighted by Crippen LogP contribution is -2.44. The Hall–Kier alpha value is -0.630. The van der Waals surface area contributed by atoms with Gasteiger partial charge in [-0.15, -0.1) is 0 Å². The van der Waals surface area contributed by atoms with Crippen LogP contribution in [-0.4, -0.2) is 60.6 Å². The summed E-state index contributed by atoms with van der Waals surface area (Å²) in [6.45, 7) is 9.11. The van der Waals surface area contributed by atoms with Crippen molar-refractivity contribution in [2.24, 2.45) is 0 Å². The van der Waals surface area contributed by atoms with E-state index in [4.69, 9.17) is 0 Å². The molecule has 0 aromatic heterocycles. The molecule has 2 unspecified atom stereocenters. The monoisotopic (exact) mass is 292 g/mol. The lowest BCUT2D eigenvalue weighted by molar-refractivity contribution is 0.176. The SMILES string of the molecule is CCC1CN(C)CCCN1CCCC(C)(C#N)NC1CC1. The van der Waals surface area contributed by atoms with E-state index in [-0.39, 0.29) is 5.54 Å². The smallest absolute Gasteiger partial charge is 0.104 e. The number of hydrogen-bond donors (Lipinski definition) is 1. The molecule has 120 valence electrons. The zero-order valence-electron chi connectivity index (χ0n) is 14.1. The second kappa shape index (κ2) is 7.58. The molecule has 1 N–H and O–H groups in total. The third-order valence-corrected chi connectivity index (χ3v) is 4.96. The first kappa shape index (κ1) is 16.7. The van der Waals surface area contributed by atoms with Crippen LogP contribution in [0.15, 0.2) is 0 Å². The van der Waals surface area contributed by atoms with E-state index in [0.29, 0.717) is 12.1 Å². The lowest BCUT2D eigenvalue weighted by Gasteiger charge is -2.31. The minimum Gasteiger partial charge on any atom is -0.305 e. The maximum atomic E-state index is 9.44. The lowest BCUT2D eigenvalue weighted by atomic mass is 9.97. The van der Waals surface area contributed by atoms with Crippen LogP contribution in [-0.2, 0) is 0 Å². The van der Waals surface area contributed by atoms with Crippen LogP contribution in [0.1, 0.15) is 52.4 Å². The number of likely N-dealkylation sites (N-methyl/N-ethyl adjacent to an activating group) is 1. The van der Waals surface area contributed by atoms with Gasteiger partial charge in [0.1, 0.15) is 5.54 Å². The molecule has 1 saturated heterocycles. The highest BCUT2D eigenvalue weighted by molar-refractivity contribution is 5.07. The average molecular weight is 292 g/mol. The molecule has 0 spiro atoms. The number of nitrogens with one attached hydrogen (secondary N) is 1. The van der Waals surface area contributed by atoms with Gasteiger partial charge in [-0.05, 0) is 72.1 Å². The summed E-state index contributed by atoms with van der Waals surface area (Å²) < 4.78 is 0. The highest BCUT2D eigenvalue weighted by atomic mass is 15.2. The van der Waals surface area contributed by atoms with E-state index < -0.39 is 0 Å². The fourth-order valence-corrected chi connectivity index (χ4v) is 3.45. The van der Waals surface area contributed by atoms with Crippen LogP contribution in [0.3, 0.4) is 0 Å². The third kappa shape index (κ3) is 5.25. The molecule has 0 aromatic rings. The first-order valence-corrected chi connectivity index (χ1v) is 8.68. The fraction of sp³-hybridized carbons (Fsp3) is 0.941. The Morgan fingerprint density at radius 1 is 1.33 bits per heavy atom. The van der Waals surface area contributed by atoms with Crippen molar-refractivity contribution in [2.45, 2.75) is 70.0 Å². The first-order chi connectivity index (χ1) is 10.1. The van der Waals surface area contributed by atoms with E-state index >= 15 is 0 Å². The largest absolute Gasteiger partial charge is 0.305 e. The summed E-state index contributed by atoms with van der Waals surface area (Å²) in [4.78, 5) is 5.11. The minimum absolute atomic E-state index is 0.328. The van der Waals surface area contributed by atoms with Crippen molar-refractivity contribution in [3.05, 3.63) is 0 Å². The van der Waals surface area contributed by atoms with Gasteiger partial charge in [0.2, 0.25) is 0 Å². The summed E-state index contributed by atoms with van der Waals surface area (Å²) in [7, 11) is 2.23. The third-order valence-electron chi connectivity index (χ3n) is 4.96. The normalized spacial score (nSPS) is 27.8. The van der Waals surface area contributed by atoms with Crippen molar-refractivity contribution < 1.29 is 0 Å². The van der Waals surface area contributed by atoms with Crippen LogP contribution in [0.2, 0.25) is 0 Å². The number of hydrogen-bond acceptors (Lipinski definition) is 4. The minimum atomic E-state index is -0.328. The van der Waals surface area contributed by atoms with Gasteiger partial charge >= 0.3 is 0 Å². The molecule has 21 heavy (non-hydrogen) atoms. The van der Waals surface area contributed by atoms with Gasteiger partial charge in [-0.2, -0.15) is 5.26 Å². The standard InChI is InChI=1S/C17H32N4/c1-4-16-13-20(3)10-6-12-21(16)11-5-9-17(2,14-18)19-15-7-8-15/h15-16,19H,4-13H2,1-3H3. The first-order valence-electron chi connectivity index (χ1n) is 8.68. The summed E-state index contributed by atoms with van der Waals surface area (Å²) in [5.41, 5.74) is -0.328. The highest BCUT2D eigenvalue weighted by Gasteiger charge is 2.32. The van der Waals surface area contributed by atoms with Crippen LogP contribution in [0.5, 0.6) is 0 Å². The van der Waals surface area contributed by atoms with E-state index in [9.17, 15) is 5.26 Å². The van der Waals surface area contributed by atoms with Crippen molar-refractivity contribution in [1.82, 2.24) is 15.1 Å². The molecule has 1 aliphatic heterocycles. The van der Waals surface area contributed by atoms with Crippen LogP contribution < -0.4 is 5.32 Å². The van der Waals surface area contributed by atoms with Crippen molar-refractivity contribution in [2.75, 3.05) is 33.2 Å². The van der Waals surface area contributed by atoms with Gasteiger partial charge in [-0.1, -0.05) is 6.92 Å². The molecule has 0 radical (unpaired) electrons. The van der Waals surface area contributed by atoms with E-state index in [0.717, 1.165) is 19.4 Å². The van der Waals surface area contributed by atoms with Crippen LogP contribution in [0, 0.1) is 11.3 Å². The Labute approximate surface area is 130 Å². The van der Waals surface area contributed by atoms with Gasteiger partial charge in [0, 0.05) is 18.6 Å². The van der Waals surface area contributed by atoms with Crippen LogP contribution in [0.4, 0.5) is 0 Å². The van der Waals surface area contributed by atoms with E-state index in [1.54, 1.807) is 0 Å². The van der Waals surface area contributed by atoms with Crippen molar-refractivity contribution in [3.8, 4) is 6.07 Å². The van der Waals surface area contributed by atoms with Crippen LogP contribution in [0.25, 0.3) is 0 Å². The topological polar surface area (TPSA) is 42.3 Å². The predicted octanol–water partition coefficient (Wildman–Crippen LogP) is 2.22. The highest BCUT2D eigenvalue weighted by Crippen LogP contribution is 2.24. The molecule has 1 aliphatic carbocycles. The maximum absolute atomic E-state index is 9.44. The molecule has 2 aliphatic rings. The Kier molecular flexibility index (Phi) is 6.04. The van der Waals surface area contributed by atoms with E-state index in [2.05, 4.69) is 42.1 Å². The number of nitrogens with zero attached hydrogens (tertiary/aromatic N) is 3. The van der Waals surface area contributed by atoms with Crippen molar-refractivity contribution in [1.29, 1.82) is 5.26 Å². The molecule has 1 saturated carbocycles. The zero-order chi connectivity index (χ0) is 15.3. The molecular weight excluding hydrogens is 260 g/mol. The molecule has 4 heteroatoms. The Bertz CT molecular complexity index is 360. The summed E-state index contributed by atoms with van der Waals surface area (Å²) in [5, 5.41) is 13.0. The van der Waals surface area contributed by atoms with E-state index in [1.807, 2.05) is 0 Å². The van der Waals surface area contributed by atoms with Gasteiger partial charge in [0.25, 0.3) is 0 Å². The second-order valence-electron chi connectivity index (χ2n) is 7.18. The van der Waals surface area contributed by atoms with Gasteiger partial charge < -0.3 is 4.90 Å². The van der Waals surface area contributed by atoms with Gasteiger partial charge in [0.05, 0.1) is 6.07 Å². The quantitative estimate of drug-likeness (QED) is 0.781. The molecule has 2 atom stereocenters.